The summed E-state index contributed by atoms with van der Waals surface area (Å²) in [7, 11) is 6.27. The van der Waals surface area contributed by atoms with Gasteiger partial charge in [-0.3, -0.25) is 14.4 Å². The molecule has 2 heterocycles. The van der Waals surface area contributed by atoms with Crippen molar-refractivity contribution >= 4 is 23.7 Å². The van der Waals surface area contributed by atoms with Gasteiger partial charge in [-0.1, -0.05) is 34.1 Å². The molecule has 1 aromatic heterocycles. The lowest BCUT2D eigenvalue weighted by atomic mass is 9.89. The van der Waals surface area contributed by atoms with Gasteiger partial charge >= 0.3 is 5.97 Å². The van der Waals surface area contributed by atoms with Crippen LogP contribution in [0.1, 0.15) is 60.3 Å². The molecule has 0 saturated carbocycles. The zero-order valence-corrected chi connectivity index (χ0v) is 25.6. The van der Waals surface area contributed by atoms with Crippen molar-refractivity contribution in [2.45, 2.75) is 90.6 Å². The molecule has 11 nitrogen and oxygen atoms in total. The number of esters is 1. The van der Waals surface area contributed by atoms with E-state index < -0.39 is 24.2 Å². The summed E-state index contributed by atoms with van der Waals surface area (Å²) in [6.07, 6.45) is 4.70. The van der Waals surface area contributed by atoms with Crippen LogP contribution in [0.15, 0.2) is 18.5 Å². The van der Waals surface area contributed by atoms with Crippen LogP contribution in [0.3, 0.4) is 0 Å². The van der Waals surface area contributed by atoms with Crippen LogP contribution in [-0.2, 0) is 28.6 Å². The molecule has 0 aliphatic carbocycles. The molecule has 0 aromatic carbocycles. The Morgan fingerprint density at radius 1 is 1.10 bits per heavy atom. The number of methoxy groups -OCH3 is 3. The second kappa shape index (κ2) is 15.9. The molecule has 0 bridgehead atoms. The summed E-state index contributed by atoms with van der Waals surface area (Å²) in [4.78, 5) is 51.8. The number of amides is 2. The first kappa shape index (κ1) is 33.4. The quantitative estimate of drug-likeness (QED) is 0.321. The van der Waals surface area contributed by atoms with Gasteiger partial charge in [0.15, 0.2) is 0 Å². The van der Waals surface area contributed by atoms with Gasteiger partial charge in [0.05, 0.1) is 43.7 Å². The summed E-state index contributed by atoms with van der Waals surface area (Å²) in [5.74, 6) is -0.675. The molecule has 1 N–H and O–H groups in total. The highest BCUT2D eigenvalue weighted by atomic mass is 16.5. The number of carbonyl (C=O) groups excluding carboxylic acids is 3. The lowest BCUT2D eigenvalue weighted by molar-refractivity contribution is -0.154. The maximum absolute atomic E-state index is 13.9. The molecule has 226 valence electrons. The predicted molar refractivity (Wildman–Crippen MR) is 152 cm³/mol. The number of nitrogens with one attached hydrogen (secondary N) is 1. The van der Waals surface area contributed by atoms with Gasteiger partial charge in [0.2, 0.25) is 17.8 Å². The van der Waals surface area contributed by atoms with Crippen LogP contribution < -0.4 is 5.32 Å². The minimum absolute atomic E-state index is 0.0351. The Labute approximate surface area is 239 Å². The lowest BCUT2D eigenvalue weighted by Gasteiger charge is -2.40. The number of rotatable bonds is 15. The fourth-order valence-corrected chi connectivity index (χ4v) is 5.72. The van der Waals surface area contributed by atoms with Crippen LogP contribution in [0, 0.1) is 17.8 Å². The third-order valence-corrected chi connectivity index (χ3v) is 8.20. The second-order valence-electron chi connectivity index (χ2n) is 11.1. The number of likely N-dealkylation sites (N-methyl/N-ethyl adjacent to an activating group) is 1. The fraction of sp³-hybridized carbons (Fsp3) is 0.759. The van der Waals surface area contributed by atoms with E-state index in [1.165, 1.54) is 7.11 Å². The Balaban J connectivity index is 2.27. The molecule has 7 atom stereocenters. The average molecular weight is 564 g/mol. The SMILES string of the molecule is CC[C@H](C)[C@@H]([C@@H](CC(=O)N1CCC[C@H]1[C@H](OC)[C@@H](C)C(=O)OC)OC)N(C)C(=O)[C@@H](Nc1ncccn1)C(C)C. The first-order valence-electron chi connectivity index (χ1n) is 14.2. The minimum Gasteiger partial charge on any atom is -0.469 e. The minimum atomic E-state index is -0.558. The van der Waals surface area contributed by atoms with E-state index in [2.05, 4.69) is 29.1 Å². The molecule has 0 unspecified atom stereocenters. The van der Waals surface area contributed by atoms with E-state index >= 15 is 0 Å². The second-order valence-corrected chi connectivity index (χ2v) is 11.1. The molecule has 0 radical (unpaired) electrons. The highest BCUT2D eigenvalue weighted by molar-refractivity contribution is 5.85. The van der Waals surface area contributed by atoms with E-state index in [9.17, 15) is 14.4 Å². The number of hydrogen-bond acceptors (Lipinski definition) is 9. The normalized spacial score (nSPS) is 19.9. The number of ether oxygens (including phenoxy) is 3. The standard InChI is InChI=1S/C29H49N5O6/c1-10-19(4)25(33(6)27(36)24(18(2)3)32-29-30-14-12-15-31-29)22(38-7)17-23(35)34-16-11-13-21(34)26(39-8)20(5)28(37)40-9/h12,14-15,18-22,24-26H,10-11,13,16-17H2,1-9H3,(H,30,31,32)/t19-,20+,21-,22+,24-,25-,26+/m0/s1. The first-order chi connectivity index (χ1) is 19.0. The zero-order valence-electron chi connectivity index (χ0n) is 25.6. The highest BCUT2D eigenvalue weighted by Gasteiger charge is 2.42. The molecule has 40 heavy (non-hydrogen) atoms. The van der Waals surface area contributed by atoms with Crippen molar-refractivity contribution in [1.82, 2.24) is 19.8 Å². The summed E-state index contributed by atoms with van der Waals surface area (Å²) in [6, 6.07) is 0.571. The van der Waals surface area contributed by atoms with Crippen molar-refractivity contribution in [1.29, 1.82) is 0 Å². The van der Waals surface area contributed by atoms with Gasteiger partial charge in [-0.05, 0) is 37.7 Å². The van der Waals surface area contributed by atoms with E-state index in [1.54, 1.807) is 56.5 Å². The molecule has 1 aliphatic rings. The monoisotopic (exact) mass is 563 g/mol. The lowest BCUT2D eigenvalue weighted by Crippen LogP contribution is -2.56. The number of carbonyl (C=O) groups is 3. The van der Waals surface area contributed by atoms with Crippen LogP contribution in [0.2, 0.25) is 0 Å². The van der Waals surface area contributed by atoms with E-state index in [4.69, 9.17) is 14.2 Å². The molecule has 1 fully saturated rings. The summed E-state index contributed by atoms with van der Waals surface area (Å²) in [5.41, 5.74) is 0. The summed E-state index contributed by atoms with van der Waals surface area (Å²) in [6.45, 7) is 10.4. The first-order valence-corrected chi connectivity index (χ1v) is 14.2. The van der Waals surface area contributed by atoms with Crippen molar-refractivity contribution < 1.29 is 28.6 Å². The molecule has 1 aliphatic heterocycles. The highest BCUT2D eigenvalue weighted by Crippen LogP contribution is 2.29. The summed E-state index contributed by atoms with van der Waals surface area (Å²) in [5, 5.41) is 3.18. The van der Waals surface area contributed by atoms with Crippen molar-refractivity contribution in [2.24, 2.45) is 17.8 Å². The molecule has 11 heteroatoms. The van der Waals surface area contributed by atoms with Crippen molar-refractivity contribution in [3.8, 4) is 0 Å². The molecule has 2 rings (SSSR count). The number of anilines is 1. The smallest absolute Gasteiger partial charge is 0.311 e. The van der Waals surface area contributed by atoms with E-state index in [0.29, 0.717) is 12.5 Å². The number of likely N-dealkylation sites (tertiary alicyclic amines) is 1. The van der Waals surface area contributed by atoms with Crippen LogP contribution in [0.5, 0.6) is 0 Å². The van der Waals surface area contributed by atoms with Crippen LogP contribution in [-0.4, -0.2) is 103 Å². The molecule has 0 spiro atoms. The molecular weight excluding hydrogens is 514 g/mol. The molecule has 1 aromatic rings. The Morgan fingerprint density at radius 2 is 1.75 bits per heavy atom. The van der Waals surface area contributed by atoms with Crippen molar-refractivity contribution in [3.05, 3.63) is 18.5 Å². The number of nitrogens with zero attached hydrogens (tertiary/aromatic N) is 4. The fourth-order valence-electron chi connectivity index (χ4n) is 5.72. The van der Waals surface area contributed by atoms with Gasteiger partial charge in [0.1, 0.15) is 6.04 Å². The van der Waals surface area contributed by atoms with Crippen LogP contribution >= 0.6 is 0 Å². The van der Waals surface area contributed by atoms with Gasteiger partial charge in [0, 0.05) is 40.2 Å². The average Bonchev–Trinajstić information content (AvgIpc) is 3.44. The van der Waals surface area contributed by atoms with Gasteiger partial charge < -0.3 is 29.3 Å². The topological polar surface area (TPSA) is 123 Å². The summed E-state index contributed by atoms with van der Waals surface area (Å²) >= 11 is 0. The van der Waals surface area contributed by atoms with Crippen molar-refractivity contribution in [3.63, 3.8) is 0 Å². The van der Waals surface area contributed by atoms with E-state index in [-0.39, 0.29) is 48.1 Å². The van der Waals surface area contributed by atoms with Gasteiger partial charge in [-0.2, -0.15) is 0 Å². The maximum Gasteiger partial charge on any atom is 0.311 e. The Bertz CT molecular complexity index is 948. The van der Waals surface area contributed by atoms with Crippen molar-refractivity contribution in [2.75, 3.05) is 40.2 Å². The Hall–Kier alpha value is -2.79. The van der Waals surface area contributed by atoms with Crippen LogP contribution in [0.4, 0.5) is 5.95 Å². The molecule has 1 saturated heterocycles. The van der Waals surface area contributed by atoms with Gasteiger partial charge in [0.25, 0.3) is 0 Å². The zero-order chi connectivity index (χ0) is 30.0. The maximum atomic E-state index is 13.9. The number of aromatic nitrogens is 2. The third kappa shape index (κ3) is 8.13. The predicted octanol–water partition coefficient (Wildman–Crippen LogP) is 3.01. The van der Waals surface area contributed by atoms with E-state index in [0.717, 1.165) is 19.3 Å². The largest absolute Gasteiger partial charge is 0.469 e. The molecule has 2 amide bonds. The van der Waals surface area contributed by atoms with Gasteiger partial charge in [-0.15, -0.1) is 0 Å². The molecular formula is C29H49N5O6. The van der Waals surface area contributed by atoms with Crippen LogP contribution in [0.25, 0.3) is 0 Å². The summed E-state index contributed by atoms with van der Waals surface area (Å²) < 4.78 is 16.6. The van der Waals surface area contributed by atoms with Gasteiger partial charge in [-0.25, -0.2) is 9.97 Å². The third-order valence-electron chi connectivity index (χ3n) is 8.20. The van der Waals surface area contributed by atoms with E-state index in [1.807, 2.05) is 13.8 Å². The number of hydrogen-bond donors (Lipinski definition) is 1. The Morgan fingerprint density at radius 3 is 2.27 bits per heavy atom. The Kier molecular flexibility index (Phi) is 13.2.